The van der Waals surface area contributed by atoms with Gasteiger partial charge in [0.1, 0.15) is 0 Å². The fraction of sp³-hybridized carbons (Fsp3) is 0.556. The molecule has 6 nitrogen and oxygen atoms in total. The molecule has 1 unspecified atom stereocenters. The Hall–Kier alpha value is -1.76. The van der Waals surface area contributed by atoms with Crippen molar-refractivity contribution >= 4 is 11.7 Å². The quantitative estimate of drug-likeness (QED) is 0.526. The zero-order valence-electron chi connectivity index (χ0n) is 14.3. The third kappa shape index (κ3) is 9.39. The highest BCUT2D eigenvalue weighted by Gasteiger charge is 2.14. The summed E-state index contributed by atoms with van der Waals surface area (Å²) in [5.74, 6) is -0.290. The first-order valence-corrected chi connectivity index (χ1v) is 8.29. The van der Waals surface area contributed by atoms with Crippen LogP contribution in [-0.4, -0.2) is 51.2 Å². The maximum absolute atomic E-state index is 11.9. The average Bonchev–Trinajstić information content (AvgIpc) is 2.59. The summed E-state index contributed by atoms with van der Waals surface area (Å²) in [6.07, 6.45) is 2.45. The lowest BCUT2D eigenvalue weighted by atomic mass is 10.1. The number of hydrogen-bond acceptors (Lipinski definition) is 5. The molecule has 0 radical (unpaired) electrons. The summed E-state index contributed by atoms with van der Waals surface area (Å²) in [5, 5.41) is 2.61. The van der Waals surface area contributed by atoms with Gasteiger partial charge in [0.25, 0.3) is 0 Å². The number of benzene rings is 1. The van der Waals surface area contributed by atoms with E-state index in [1.54, 1.807) is 7.11 Å². The van der Waals surface area contributed by atoms with Crippen LogP contribution in [0.4, 0.5) is 0 Å². The van der Waals surface area contributed by atoms with Crippen LogP contribution >= 0.6 is 0 Å². The third-order valence-electron chi connectivity index (χ3n) is 3.52. The number of nitrogens with two attached hydrogens (primary N) is 1. The monoisotopic (exact) mass is 336 g/mol. The topological polar surface area (TPSA) is 90.6 Å². The van der Waals surface area contributed by atoms with E-state index in [0.717, 1.165) is 18.4 Å². The summed E-state index contributed by atoms with van der Waals surface area (Å²) in [6, 6.07) is 8.93. The minimum Gasteiger partial charge on any atom is -0.382 e. The maximum Gasteiger partial charge on any atom is 0.237 e. The lowest BCUT2D eigenvalue weighted by molar-refractivity contribution is -0.126. The molecule has 0 aliphatic carbocycles. The molecule has 1 aromatic rings. The molecule has 0 saturated carbocycles. The van der Waals surface area contributed by atoms with E-state index in [4.69, 9.17) is 15.2 Å². The van der Waals surface area contributed by atoms with Gasteiger partial charge in [0.15, 0.2) is 5.78 Å². The number of ketones is 1. The fourth-order valence-corrected chi connectivity index (χ4v) is 2.14. The van der Waals surface area contributed by atoms with Crippen LogP contribution in [0, 0.1) is 0 Å². The van der Waals surface area contributed by atoms with Crippen molar-refractivity contribution in [1.82, 2.24) is 5.32 Å². The van der Waals surface area contributed by atoms with Crippen molar-refractivity contribution in [3.8, 4) is 0 Å². The zero-order chi connectivity index (χ0) is 17.6. The van der Waals surface area contributed by atoms with E-state index >= 15 is 0 Å². The fourth-order valence-electron chi connectivity index (χ4n) is 2.14. The van der Waals surface area contributed by atoms with Crippen LogP contribution in [0.25, 0.3) is 0 Å². The van der Waals surface area contributed by atoms with Crippen LogP contribution in [0.15, 0.2) is 30.3 Å². The third-order valence-corrected chi connectivity index (χ3v) is 3.52. The van der Waals surface area contributed by atoms with Crippen molar-refractivity contribution in [2.45, 2.75) is 31.7 Å². The average molecular weight is 336 g/mol. The largest absolute Gasteiger partial charge is 0.382 e. The lowest BCUT2D eigenvalue weighted by Crippen LogP contribution is -2.43. The van der Waals surface area contributed by atoms with Gasteiger partial charge in [-0.05, 0) is 24.8 Å². The Labute approximate surface area is 143 Å². The summed E-state index contributed by atoms with van der Waals surface area (Å²) in [5.41, 5.74) is 6.86. The van der Waals surface area contributed by atoms with E-state index in [-0.39, 0.29) is 18.2 Å². The van der Waals surface area contributed by atoms with Gasteiger partial charge in [0.05, 0.1) is 25.8 Å². The molecule has 1 atom stereocenters. The van der Waals surface area contributed by atoms with Crippen LogP contribution in [-0.2, 0) is 25.5 Å². The second-order valence-corrected chi connectivity index (χ2v) is 5.61. The first-order chi connectivity index (χ1) is 11.6. The van der Waals surface area contributed by atoms with Gasteiger partial charge in [0.2, 0.25) is 5.91 Å². The minimum absolute atomic E-state index is 0.00662. The van der Waals surface area contributed by atoms with Crippen LogP contribution in [0.3, 0.4) is 0 Å². The Morgan fingerprint density at radius 3 is 2.58 bits per heavy atom. The predicted octanol–water partition coefficient (Wildman–Crippen LogP) is 1.08. The van der Waals surface area contributed by atoms with Gasteiger partial charge in [-0.25, -0.2) is 0 Å². The van der Waals surface area contributed by atoms with Crippen molar-refractivity contribution in [1.29, 1.82) is 0 Å². The summed E-state index contributed by atoms with van der Waals surface area (Å²) < 4.78 is 10.2. The Morgan fingerprint density at radius 2 is 1.88 bits per heavy atom. The second kappa shape index (κ2) is 12.6. The highest BCUT2D eigenvalue weighted by molar-refractivity contribution is 5.88. The molecule has 134 valence electrons. The Balaban J connectivity index is 2.09. The van der Waals surface area contributed by atoms with E-state index in [1.807, 2.05) is 30.3 Å². The number of amides is 1. The van der Waals surface area contributed by atoms with E-state index < -0.39 is 6.04 Å². The zero-order valence-corrected chi connectivity index (χ0v) is 14.3. The van der Waals surface area contributed by atoms with Crippen molar-refractivity contribution in [3.63, 3.8) is 0 Å². The summed E-state index contributed by atoms with van der Waals surface area (Å²) >= 11 is 0. The normalized spacial score (nSPS) is 11.9. The number of ether oxygens (including phenoxy) is 2. The van der Waals surface area contributed by atoms with E-state index in [0.29, 0.717) is 32.7 Å². The molecule has 1 rings (SSSR count). The molecule has 0 aliphatic heterocycles. The number of unbranched alkanes of at least 4 members (excludes halogenated alkanes) is 1. The molecule has 0 aliphatic rings. The Kier molecular flexibility index (Phi) is 10.7. The molecule has 0 heterocycles. The van der Waals surface area contributed by atoms with Crippen LogP contribution in [0.1, 0.15) is 24.8 Å². The Bertz CT molecular complexity index is 479. The van der Waals surface area contributed by atoms with Crippen molar-refractivity contribution in [2.75, 3.05) is 33.5 Å². The molecule has 0 fully saturated rings. The van der Waals surface area contributed by atoms with Gasteiger partial charge >= 0.3 is 0 Å². The maximum atomic E-state index is 11.9. The van der Waals surface area contributed by atoms with Gasteiger partial charge in [-0.15, -0.1) is 0 Å². The molecule has 3 N–H and O–H groups in total. The van der Waals surface area contributed by atoms with Crippen molar-refractivity contribution < 1.29 is 19.1 Å². The van der Waals surface area contributed by atoms with Gasteiger partial charge < -0.3 is 20.5 Å². The molecular weight excluding hydrogens is 308 g/mol. The minimum atomic E-state index is -0.644. The number of methoxy groups -OCH3 is 1. The molecule has 0 saturated heterocycles. The Morgan fingerprint density at radius 1 is 1.12 bits per heavy atom. The van der Waals surface area contributed by atoms with E-state index in [1.165, 1.54) is 0 Å². The SMILES string of the molecule is COCCOCCCCC(=O)CNC(=O)C(N)Cc1ccccc1. The highest BCUT2D eigenvalue weighted by atomic mass is 16.5. The summed E-state index contributed by atoms with van der Waals surface area (Å²) in [7, 11) is 1.63. The summed E-state index contributed by atoms with van der Waals surface area (Å²) in [6.45, 7) is 1.80. The van der Waals surface area contributed by atoms with Crippen LogP contribution in [0.5, 0.6) is 0 Å². The van der Waals surface area contributed by atoms with E-state index in [2.05, 4.69) is 5.32 Å². The number of hydrogen-bond donors (Lipinski definition) is 2. The molecular formula is C18H28N2O4. The molecule has 6 heteroatoms. The summed E-state index contributed by atoms with van der Waals surface area (Å²) in [4.78, 5) is 23.7. The lowest BCUT2D eigenvalue weighted by Gasteiger charge is -2.12. The van der Waals surface area contributed by atoms with Gasteiger partial charge in [-0.2, -0.15) is 0 Å². The highest BCUT2D eigenvalue weighted by Crippen LogP contribution is 2.02. The predicted molar refractivity (Wildman–Crippen MR) is 92.7 cm³/mol. The number of carbonyl (C=O) groups excluding carboxylic acids is 2. The number of Topliss-reactive ketones (excluding diaryl/α,β-unsaturated/α-hetero) is 1. The molecule has 1 amide bonds. The molecule has 0 bridgehead atoms. The van der Waals surface area contributed by atoms with Crippen molar-refractivity contribution in [3.05, 3.63) is 35.9 Å². The van der Waals surface area contributed by atoms with Gasteiger partial charge in [0, 0.05) is 20.1 Å². The molecule has 1 aromatic carbocycles. The first-order valence-electron chi connectivity index (χ1n) is 8.29. The standard InChI is InChI=1S/C18H28N2O4/c1-23-11-12-24-10-6-5-9-16(21)14-20-18(22)17(19)13-15-7-3-2-4-8-15/h2-4,7-8,17H,5-6,9-14,19H2,1H3,(H,20,22). The van der Waals surface area contributed by atoms with Gasteiger partial charge in [-0.1, -0.05) is 30.3 Å². The van der Waals surface area contributed by atoms with Crippen LogP contribution < -0.4 is 11.1 Å². The van der Waals surface area contributed by atoms with Crippen LogP contribution in [0.2, 0.25) is 0 Å². The number of carbonyl (C=O) groups is 2. The smallest absolute Gasteiger partial charge is 0.237 e. The number of nitrogens with one attached hydrogen (secondary N) is 1. The molecule has 0 aromatic heterocycles. The van der Waals surface area contributed by atoms with E-state index in [9.17, 15) is 9.59 Å². The molecule has 24 heavy (non-hydrogen) atoms. The van der Waals surface area contributed by atoms with Crippen molar-refractivity contribution in [2.24, 2.45) is 5.73 Å². The molecule has 0 spiro atoms. The second-order valence-electron chi connectivity index (χ2n) is 5.61. The van der Waals surface area contributed by atoms with Gasteiger partial charge in [-0.3, -0.25) is 9.59 Å². The first kappa shape index (κ1) is 20.3. The number of rotatable bonds is 13.